The summed E-state index contributed by atoms with van der Waals surface area (Å²) in [6.07, 6.45) is 3.01. The van der Waals surface area contributed by atoms with E-state index < -0.39 is 8.02 Å². The number of alkyl halides is 2. The van der Waals surface area contributed by atoms with Crippen molar-refractivity contribution in [1.82, 2.24) is 9.76 Å². The van der Waals surface area contributed by atoms with Gasteiger partial charge in [-0.1, -0.05) is 4.67 Å². The number of hydrogen-bond acceptors (Lipinski definition) is 4. The van der Waals surface area contributed by atoms with E-state index in [2.05, 4.69) is 5.09 Å². The molecule has 0 aliphatic carbocycles. The van der Waals surface area contributed by atoms with Crippen molar-refractivity contribution in [2.45, 2.75) is 0 Å². The van der Waals surface area contributed by atoms with Gasteiger partial charge >= 0.3 is 8.02 Å². The topological polar surface area (TPSA) is 44.7 Å². The SMILES string of the molecule is O[P+]1(N(CCCl)CCCl)NC=CO1. The molecule has 1 unspecified atom stereocenters. The second-order valence-corrected chi connectivity index (χ2v) is 5.29. The molecule has 0 aromatic rings. The molecule has 2 N–H and O–H groups in total. The van der Waals surface area contributed by atoms with Gasteiger partial charge in [0.2, 0.25) is 0 Å². The average molecular weight is 246 g/mol. The first-order valence-corrected chi connectivity index (χ1v) is 6.51. The maximum atomic E-state index is 9.94. The molecule has 4 nitrogen and oxygen atoms in total. The summed E-state index contributed by atoms with van der Waals surface area (Å²) < 4.78 is 6.82. The Morgan fingerprint density at radius 3 is 2.38 bits per heavy atom. The Morgan fingerprint density at radius 1 is 1.38 bits per heavy atom. The van der Waals surface area contributed by atoms with Crippen LogP contribution in [-0.2, 0) is 4.52 Å². The van der Waals surface area contributed by atoms with Gasteiger partial charge in [-0.3, -0.25) is 4.52 Å². The lowest BCUT2D eigenvalue weighted by atomic mass is 10.6. The van der Waals surface area contributed by atoms with E-state index in [9.17, 15) is 4.89 Å². The first-order chi connectivity index (χ1) is 6.23. The standard InChI is InChI=1S/C6H12Cl2N2O2P/c7-1-4-10(5-2-8)13(11)9-3-6-12-13/h3,6,9,11H,1-2,4-5H2/q+1. The van der Waals surface area contributed by atoms with E-state index in [1.807, 2.05) is 0 Å². The highest BCUT2D eigenvalue weighted by molar-refractivity contribution is 7.61. The number of nitrogens with zero attached hydrogens (tertiary/aromatic N) is 1. The monoisotopic (exact) mass is 245 g/mol. The van der Waals surface area contributed by atoms with Crippen LogP contribution in [0.25, 0.3) is 0 Å². The van der Waals surface area contributed by atoms with Crippen molar-refractivity contribution in [3.63, 3.8) is 0 Å². The Labute approximate surface area is 88.1 Å². The second kappa shape index (κ2) is 5.23. The van der Waals surface area contributed by atoms with E-state index >= 15 is 0 Å². The fourth-order valence-corrected chi connectivity index (χ4v) is 3.23. The zero-order valence-corrected chi connectivity index (χ0v) is 9.40. The van der Waals surface area contributed by atoms with Gasteiger partial charge in [0.25, 0.3) is 0 Å². The van der Waals surface area contributed by atoms with Gasteiger partial charge in [0, 0.05) is 11.8 Å². The van der Waals surface area contributed by atoms with Crippen molar-refractivity contribution in [2.24, 2.45) is 0 Å². The minimum atomic E-state index is -2.66. The molecule has 1 atom stereocenters. The van der Waals surface area contributed by atoms with Gasteiger partial charge in [-0.15, -0.1) is 23.2 Å². The van der Waals surface area contributed by atoms with Gasteiger partial charge in [-0.2, -0.15) is 9.98 Å². The third-order valence-electron chi connectivity index (χ3n) is 1.59. The van der Waals surface area contributed by atoms with E-state index in [0.29, 0.717) is 24.8 Å². The zero-order valence-electron chi connectivity index (χ0n) is 6.99. The first kappa shape index (κ1) is 11.3. The summed E-state index contributed by atoms with van der Waals surface area (Å²) in [5.41, 5.74) is 0. The van der Waals surface area contributed by atoms with Crippen LogP contribution in [0.3, 0.4) is 0 Å². The molecule has 7 heteroatoms. The fraction of sp³-hybridized carbons (Fsp3) is 0.667. The lowest BCUT2D eigenvalue weighted by molar-refractivity contribution is 0.316. The zero-order chi connectivity index (χ0) is 9.73. The highest BCUT2D eigenvalue weighted by Gasteiger charge is 2.48. The molecule has 0 saturated heterocycles. The van der Waals surface area contributed by atoms with Crippen LogP contribution < -0.4 is 5.09 Å². The minimum absolute atomic E-state index is 0.435. The molecule has 0 spiro atoms. The highest BCUT2D eigenvalue weighted by atomic mass is 35.5. The summed E-state index contributed by atoms with van der Waals surface area (Å²) in [6.45, 7) is 1.10. The van der Waals surface area contributed by atoms with Crippen LogP contribution in [-0.4, -0.2) is 34.4 Å². The molecule has 0 bridgehead atoms. The molecular formula is C6H12Cl2N2O2P+. The van der Waals surface area contributed by atoms with Crippen LogP contribution in [0.5, 0.6) is 0 Å². The van der Waals surface area contributed by atoms with Crippen LogP contribution in [0.15, 0.2) is 12.5 Å². The number of rotatable bonds is 5. The Balaban J connectivity index is 2.51. The van der Waals surface area contributed by atoms with E-state index in [0.717, 1.165) is 0 Å². The van der Waals surface area contributed by atoms with Crippen LogP contribution in [0, 0.1) is 0 Å². The molecule has 0 aromatic heterocycles. The van der Waals surface area contributed by atoms with Crippen molar-refractivity contribution in [3.05, 3.63) is 12.5 Å². The first-order valence-electron chi connectivity index (χ1n) is 3.83. The van der Waals surface area contributed by atoms with E-state index in [-0.39, 0.29) is 0 Å². The molecular weight excluding hydrogens is 234 g/mol. The van der Waals surface area contributed by atoms with E-state index in [1.165, 1.54) is 6.26 Å². The fourth-order valence-electron chi connectivity index (χ4n) is 1.000. The van der Waals surface area contributed by atoms with Crippen molar-refractivity contribution in [3.8, 4) is 0 Å². The highest BCUT2D eigenvalue weighted by Crippen LogP contribution is 2.57. The molecule has 1 aliphatic heterocycles. The number of hydrogen-bond donors (Lipinski definition) is 2. The predicted molar refractivity (Wildman–Crippen MR) is 55.5 cm³/mol. The summed E-state index contributed by atoms with van der Waals surface area (Å²) in [5, 5.41) is 2.78. The maximum absolute atomic E-state index is 9.94. The van der Waals surface area contributed by atoms with Crippen LogP contribution in [0.1, 0.15) is 0 Å². The normalized spacial score (nSPS) is 26.2. The molecule has 1 aliphatic rings. The molecule has 0 saturated carbocycles. The Kier molecular flexibility index (Phi) is 4.56. The summed E-state index contributed by atoms with van der Waals surface area (Å²) in [7, 11) is -2.66. The lowest BCUT2D eigenvalue weighted by Crippen LogP contribution is -2.32. The molecule has 1 heterocycles. The van der Waals surface area contributed by atoms with Crippen molar-refractivity contribution in [1.29, 1.82) is 0 Å². The van der Waals surface area contributed by atoms with Crippen molar-refractivity contribution >= 4 is 31.2 Å². The molecule has 0 aromatic carbocycles. The second-order valence-electron chi connectivity index (χ2n) is 2.41. The average Bonchev–Trinajstić information content (AvgIpc) is 2.53. The molecule has 0 radical (unpaired) electrons. The summed E-state index contributed by atoms with van der Waals surface area (Å²) in [4.78, 5) is 9.94. The van der Waals surface area contributed by atoms with Crippen molar-refractivity contribution in [2.75, 3.05) is 24.8 Å². The Hall–Kier alpha value is 0.270. The maximum Gasteiger partial charge on any atom is 0.499 e. The third-order valence-corrected chi connectivity index (χ3v) is 3.99. The van der Waals surface area contributed by atoms with Gasteiger partial charge in [-0.05, 0) is 0 Å². The van der Waals surface area contributed by atoms with Gasteiger partial charge in [0.1, 0.15) is 0 Å². The molecule has 76 valence electrons. The van der Waals surface area contributed by atoms with Crippen LogP contribution >= 0.6 is 31.2 Å². The van der Waals surface area contributed by atoms with E-state index in [4.69, 9.17) is 27.7 Å². The largest absolute Gasteiger partial charge is 0.499 e. The van der Waals surface area contributed by atoms with Gasteiger partial charge < -0.3 is 0 Å². The van der Waals surface area contributed by atoms with Crippen LogP contribution in [0.2, 0.25) is 0 Å². The molecule has 1 rings (SSSR count). The molecule has 13 heavy (non-hydrogen) atoms. The van der Waals surface area contributed by atoms with E-state index in [1.54, 1.807) is 10.9 Å². The Morgan fingerprint density at radius 2 is 2.00 bits per heavy atom. The minimum Gasteiger partial charge on any atom is -0.281 e. The summed E-state index contributed by atoms with van der Waals surface area (Å²) in [5.74, 6) is 0.870. The van der Waals surface area contributed by atoms with Gasteiger partial charge in [0.15, 0.2) is 6.26 Å². The molecule has 0 fully saturated rings. The number of halogens is 2. The quantitative estimate of drug-likeness (QED) is 0.570. The lowest BCUT2D eigenvalue weighted by Gasteiger charge is -2.23. The summed E-state index contributed by atoms with van der Waals surface area (Å²) in [6, 6.07) is 0. The number of nitrogens with one attached hydrogen (secondary N) is 1. The Bertz CT molecular complexity index is 179. The van der Waals surface area contributed by atoms with Gasteiger partial charge in [0.05, 0.1) is 19.3 Å². The smallest absolute Gasteiger partial charge is 0.281 e. The molecule has 0 amide bonds. The predicted octanol–water partition coefficient (Wildman–Crippen LogP) is 1.53. The third kappa shape index (κ3) is 2.86. The van der Waals surface area contributed by atoms with Crippen LogP contribution in [0.4, 0.5) is 0 Å². The van der Waals surface area contributed by atoms with Gasteiger partial charge in [-0.25, -0.2) is 0 Å². The summed E-state index contributed by atoms with van der Waals surface area (Å²) >= 11 is 11.2. The van der Waals surface area contributed by atoms with Crippen molar-refractivity contribution < 1.29 is 9.42 Å².